The van der Waals surface area contributed by atoms with Gasteiger partial charge in [-0.05, 0) is 38.1 Å². The van der Waals surface area contributed by atoms with Gasteiger partial charge in [0, 0.05) is 33.2 Å². The van der Waals surface area contributed by atoms with Crippen molar-refractivity contribution in [3.63, 3.8) is 0 Å². The van der Waals surface area contributed by atoms with Gasteiger partial charge in [0.1, 0.15) is 5.82 Å². The zero-order valence-electron chi connectivity index (χ0n) is 15.7. The lowest BCUT2D eigenvalue weighted by Gasteiger charge is -2.06. The van der Waals surface area contributed by atoms with Crippen molar-refractivity contribution in [2.24, 2.45) is 5.10 Å². The van der Waals surface area contributed by atoms with Crippen molar-refractivity contribution in [3.05, 3.63) is 87.0 Å². The fourth-order valence-electron chi connectivity index (χ4n) is 3.50. The molecule has 6 heteroatoms. The maximum atomic E-state index is 12.9. The molecule has 0 aliphatic carbocycles. The molecule has 0 saturated heterocycles. The van der Waals surface area contributed by atoms with Crippen molar-refractivity contribution in [1.82, 2.24) is 14.2 Å². The molecular formula is C22H19BrN4O. The van der Waals surface area contributed by atoms with Gasteiger partial charge in [0.2, 0.25) is 0 Å². The SMILES string of the molecule is C=CCn1c(C)c(C=Nn2c(C)nc3ccc(Br)cc3c2=O)c2ccccc21. The Balaban J connectivity index is 1.90. The Hall–Kier alpha value is -2.99. The van der Waals surface area contributed by atoms with E-state index in [2.05, 4.69) is 56.2 Å². The number of fused-ring (bicyclic) bond motifs is 2. The summed E-state index contributed by atoms with van der Waals surface area (Å²) in [5.74, 6) is 0.545. The highest BCUT2D eigenvalue weighted by Gasteiger charge is 2.12. The molecule has 0 fully saturated rings. The molecule has 0 amide bonds. The van der Waals surface area contributed by atoms with E-state index in [0.717, 1.165) is 26.6 Å². The number of nitrogens with zero attached hydrogens (tertiary/aromatic N) is 4. The second-order valence-corrected chi connectivity index (χ2v) is 7.51. The van der Waals surface area contributed by atoms with E-state index in [1.54, 1.807) is 19.2 Å². The first-order valence-corrected chi connectivity index (χ1v) is 9.72. The fraction of sp³-hybridized carbons (Fsp3) is 0.136. The lowest BCUT2D eigenvalue weighted by molar-refractivity contribution is 0.770. The molecule has 0 bridgehead atoms. The van der Waals surface area contributed by atoms with Gasteiger partial charge in [0.25, 0.3) is 5.56 Å². The zero-order valence-corrected chi connectivity index (χ0v) is 17.3. The van der Waals surface area contributed by atoms with Gasteiger partial charge in [0.05, 0.1) is 17.1 Å². The van der Waals surface area contributed by atoms with E-state index < -0.39 is 0 Å². The normalized spacial score (nSPS) is 11.7. The highest BCUT2D eigenvalue weighted by Crippen LogP contribution is 2.24. The fourth-order valence-corrected chi connectivity index (χ4v) is 3.86. The molecule has 2 aromatic carbocycles. The van der Waals surface area contributed by atoms with Crippen LogP contribution >= 0.6 is 15.9 Å². The van der Waals surface area contributed by atoms with E-state index in [1.165, 1.54) is 4.68 Å². The Morgan fingerprint density at radius 3 is 2.75 bits per heavy atom. The molecule has 0 radical (unpaired) electrons. The lowest BCUT2D eigenvalue weighted by atomic mass is 10.1. The Morgan fingerprint density at radius 1 is 1.18 bits per heavy atom. The maximum absolute atomic E-state index is 12.9. The number of hydrogen-bond donors (Lipinski definition) is 0. The third kappa shape index (κ3) is 2.99. The van der Waals surface area contributed by atoms with E-state index in [4.69, 9.17) is 0 Å². The largest absolute Gasteiger partial charge is 0.340 e. The molecule has 2 heterocycles. The second kappa shape index (κ2) is 7.20. The average Bonchev–Trinajstić information content (AvgIpc) is 2.95. The van der Waals surface area contributed by atoms with Crippen LogP contribution in [0.1, 0.15) is 17.1 Å². The number of allylic oxidation sites excluding steroid dienone is 1. The molecule has 4 aromatic rings. The highest BCUT2D eigenvalue weighted by atomic mass is 79.9. The van der Waals surface area contributed by atoms with Crippen LogP contribution in [0.2, 0.25) is 0 Å². The molecule has 140 valence electrons. The smallest absolute Gasteiger partial charge is 0.282 e. The topological polar surface area (TPSA) is 52.2 Å². The number of rotatable bonds is 4. The van der Waals surface area contributed by atoms with E-state index >= 15 is 0 Å². The quantitative estimate of drug-likeness (QED) is 0.342. The Morgan fingerprint density at radius 2 is 1.96 bits per heavy atom. The van der Waals surface area contributed by atoms with Gasteiger partial charge >= 0.3 is 0 Å². The van der Waals surface area contributed by atoms with Gasteiger partial charge in [-0.2, -0.15) is 9.78 Å². The first-order valence-electron chi connectivity index (χ1n) is 8.93. The van der Waals surface area contributed by atoms with Gasteiger partial charge < -0.3 is 4.57 Å². The lowest BCUT2D eigenvalue weighted by Crippen LogP contribution is -2.20. The maximum Gasteiger partial charge on any atom is 0.282 e. The van der Waals surface area contributed by atoms with Gasteiger partial charge in [-0.3, -0.25) is 4.79 Å². The molecule has 5 nitrogen and oxygen atoms in total. The standard InChI is InChI=1S/C22H19BrN4O/c1-4-11-26-14(2)19(17-7-5-6-8-21(17)26)13-24-27-15(3)25-20-10-9-16(23)12-18(20)22(27)28/h4-10,12-13H,1,11H2,2-3H3. The molecule has 2 aromatic heterocycles. The van der Waals surface area contributed by atoms with Gasteiger partial charge in [-0.1, -0.05) is 40.2 Å². The summed E-state index contributed by atoms with van der Waals surface area (Å²) in [6, 6.07) is 13.6. The van der Waals surface area contributed by atoms with E-state index in [1.807, 2.05) is 30.3 Å². The zero-order chi connectivity index (χ0) is 19.8. The van der Waals surface area contributed by atoms with Crippen LogP contribution < -0.4 is 5.56 Å². The summed E-state index contributed by atoms with van der Waals surface area (Å²) in [5.41, 5.74) is 3.65. The number of benzene rings is 2. The van der Waals surface area contributed by atoms with Gasteiger partial charge in [-0.15, -0.1) is 6.58 Å². The Kier molecular flexibility index (Phi) is 4.73. The van der Waals surface area contributed by atoms with Crippen molar-refractivity contribution >= 4 is 44.0 Å². The molecule has 0 aliphatic heterocycles. The van der Waals surface area contributed by atoms with Crippen LogP contribution in [0.25, 0.3) is 21.8 Å². The van der Waals surface area contributed by atoms with Crippen molar-refractivity contribution in [3.8, 4) is 0 Å². The number of aromatic nitrogens is 3. The van der Waals surface area contributed by atoms with Crippen molar-refractivity contribution in [2.75, 3.05) is 0 Å². The third-order valence-corrected chi connectivity index (χ3v) is 5.36. The summed E-state index contributed by atoms with van der Waals surface area (Å²) in [6.07, 6.45) is 3.62. The molecule has 4 rings (SSSR count). The molecule has 28 heavy (non-hydrogen) atoms. The van der Waals surface area contributed by atoms with Crippen LogP contribution in [0.4, 0.5) is 0 Å². The number of aryl methyl sites for hydroxylation is 1. The summed E-state index contributed by atoms with van der Waals surface area (Å²) in [5, 5.41) is 6.12. The number of para-hydroxylation sites is 1. The van der Waals surface area contributed by atoms with Crippen molar-refractivity contribution in [2.45, 2.75) is 20.4 Å². The molecular weight excluding hydrogens is 416 g/mol. The molecule has 0 spiro atoms. The molecule has 0 atom stereocenters. The van der Waals surface area contributed by atoms with Crippen LogP contribution in [0.15, 0.2) is 69.5 Å². The van der Waals surface area contributed by atoms with Crippen LogP contribution in [0, 0.1) is 13.8 Å². The minimum atomic E-state index is -0.187. The predicted octanol–water partition coefficient (Wildman–Crippen LogP) is 4.80. The number of hydrogen-bond acceptors (Lipinski definition) is 3. The van der Waals surface area contributed by atoms with Gasteiger partial charge in [0.15, 0.2) is 0 Å². The highest BCUT2D eigenvalue weighted by molar-refractivity contribution is 9.10. The minimum absolute atomic E-state index is 0.187. The summed E-state index contributed by atoms with van der Waals surface area (Å²) < 4.78 is 4.38. The molecule has 0 N–H and O–H groups in total. The Labute approximate surface area is 170 Å². The predicted molar refractivity (Wildman–Crippen MR) is 118 cm³/mol. The van der Waals surface area contributed by atoms with E-state index in [0.29, 0.717) is 23.3 Å². The first kappa shape index (κ1) is 18.4. The number of halogens is 1. The van der Waals surface area contributed by atoms with Gasteiger partial charge in [-0.25, -0.2) is 4.98 Å². The summed E-state index contributed by atoms with van der Waals surface area (Å²) in [6.45, 7) is 8.40. The van der Waals surface area contributed by atoms with Crippen molar-refractivity contribution < 1.29 is 0 Å². The first-order chi connectivity index (χ1) is 13.5. The summed E-state index contributed by atoms with van der Waals surface area (Å²) in [4.78, 5) is 17.5. The van der Waals surface area contributed by atoms with E-state index in [-0.39, 0.29) is 5.56 Å². The summed E-state index contributed by atoms with van der Waals surface area (Å²) in [7, 11) is 0. The Bertz CT molecular complexity index is 1310. The second-order valence-electron chi connectivity index (χ2n) is 6.60. The van der Waals surface area contributed by atoms with Crippen LogP contribution in [0.5, 0.6) is 0 Å². The third-order valence-electron chi connectivity index (χ3n) is 4.86. The molecule has 0 aliphatic rings. The van der Waals surface area contributed by atoms with Crippen molar-refractivity contribution in [1.29, 1.82) is 0 Å². The minimum Gasteiger partial charge on any atom is -0.340 e. The van der Waals surface area contributed by atoms with E-state index in [9.17, 15) is 4.79 Å². The van der Waals surface area contributed by atoms with Crippen LogP contribution in [-0.2, 0) is 6.54 Å². The molecule has 0 saturated carbocycles. The molecule has 0 unspecified atom stereocenters. The van der Waals surface area contributed by atoms with Crippen LogP contribution in [-0.4, -0.2) is 20.4 Å². The average molecular weight is 435 g/mol. The monoisotopic (exact) mass is 434 g/mol. The van der Waals surface area contributed by atoms with Crippen LogP contribution in [0.3, 0.4) is 0 Å². The summed E-state index contributed by atoms with van der Waals surface area (Å²) >= 11 is 3.41.